The van der Waals surface area contributed by atoms with Crippen molar-refractivity contribution in [3.05, 3.63) is 39.8 Å². The minimum Gasteiger partial charge on any atom is -0.381 e. The molecule has 13 heavy (non-hydrogen) atoms. The Morgan fingerprint density at radius 2 is 2.31 bits per heavy atom. The maximum absolute atomic E-state index is 5.85. The van der Waals surface area contributed by atoms with E-state index in [1.165, 1.54) is 0 Å². The molecule has 1 N–H and O–H groups in total. The third-order valence-corrected chi connectivity index (χ3v) is 2.50. The molecule has 0 aliphatic rings. The molecule has 70 valence electrons. The van der Waals surface area contributed by atoms with Gasteiger partial charge in [0, 0.05) is 16.0 Å². The SMILES string of the molecule is C/C=C/CNc1cc(Cl)ccc1Br. The van der Waals surface area contributed by atoms with E-state index in [1.807, 2.05) is 37.3 Å². The molecule has 1 aromatic carbocycles. The fraction of sp³-hybridized carbons (Fsp3) is 0.200. The third kappa shape index (κ3) is 3.41. The molecule has 0 aromatic heterocycles. The summed E-state index contributed by atoms with van der Waals surface area (Å²) in [5.74, 6) is 0. The fourth-order valence-electron chi connectivity index (χ4n) is 0.920. The summed E-state index contributed by atoms with van der Waals surface area (Å²) in [5.41, 5.74) is 1.02. The van der Waals surface area contributed by atoms with Gasteiger partial charge >= 0.3 is 0 Å². The lowest BCUT2D eigenvalue weighted by Gasteiger charge is -2.05. The first kappa shape index (κ1) is 10.6. The van der Waals surface area contributed by atoms with Crippen LogP contribution in [0.1, 0.15) is 6.92 Å². The number of benzene rings is 1. The summed E-state index contributed by atoms with van der Waals surface area (Å²) >= 11 is 9.29. The second kappa shape index (κ2) is 5.30. The van der Waals surface area contributed by atoms with Crippen LogP contribution in [0.15, 0.2) is 34.8 Å². The molecule has 3 heteroatoms. The molecular weight excluding hydrogens is 249 g/mol. The molecule has 0 radical (unpaired) electrons. The molecule has 1 nitrogen and oxygen atoms in total. The van der Waals surface area contributed by atoms with Crippen molar-refractivity contribution in [1.29, 1.82) is 0 Å². The molecule has 0 heterocycles. The molecule has 0 atom stereocenters. The van der Waals surface area contributed by atoms with Gasteiger partial charge in [0.1, 0.15) is 0 Å². The van der Waals surface area contributed by atoms with Crippen LogP contribution in [-0.4, -0.2) is 6.54 Å². The number of hydrogen-bond donors (Lipinski definition) is 1. The predicted octanol–water partition coefficient (Wildman–Crippen LogP) is 4.09. The molecule has 0 fully saturated rings. The van der Waals surface area contributed by atoms with Gasteiger partial charge in [0.05, 0.1) is 5.69 Å². The van der Waals surface area contributed by atoms with Crippen molar-refractivity contribution < 1.29 is 0 Å². The highest BCUT2D eigenvalue weighted by Gasteiger charge is 1.97. The van der Waals surface area contributed by atoms with Gasteiger partial charge in [0.25, 0.3) is 0 Å². The Kier molecular flexibility index (Phi) is 4.33. The van der Waals surface area contributed by atoms with Gasteiger partial charge in [-0.05, 0) is 41.1 Å². The summed E-state index contributed by atoms with van der Waals surface area (Å²) in [6.07, 6.45) is 4.05. The summed E-state index contributed by atoms with van der Waals surface area (Å²) in [6, 6.07) is 5.68. The second-order valence-corrected chi connectivity index (χ2v) is 3.86. The van der Waals surface area contributed by atoms with Crippen LogP contribution in [0.3, 0.4) is 0 Å². The molecule has 0 saturated carbocycles. The van der Waals surface area contributed by atoms with E-state index in [1.54, 1.807) is 0 Å². The van der Waals surface area contributed by atoms with E-state index in [-0.39, 0.29) is 0 Å². The van der Waals surface area contributed by atoms with Gasteiger partial charge in [-0.25, -0.2) is 0 Å². The van der Waals surface area contributed by atoms with Crippen LogP contribution >= 0.6 is 27.5 Å². The van der Waals surface area contributed by atoms with Crippen molar-refractivity contribution in [1.82, 2.24) is 0 Å². The number of hydrogen-bond acceptors (Lipinski definition) is 1. The zero-order valence-corrected chi connectivity index (χ0v) is 9.69. The summed E-state index contributed by atoms with van der Waals surface area (Å²) in [7, 11) is 0. The maximum atomic E-state index is 5.85. The predicted molar refractivity (Wildman–Crippen MR) is 62.5 cm³/mol. The van der Waals surface area contributed by atoms with E-state index < -0.39 is 0 Å². The van der Waals surface area contributed by atoms with Gasteiger partial charge in [-0.2, -0.15) is 0 Å². The van der Waals surface area contributed by atoms with Crippen molar-refractivity contribution in [2.24, 2.45) is 0 Å². The van der Waals surface area contributed by atoms with Crippen LogP contribution < -0.4 is 5.32 Å². The number of rotatable bonds is 3. The Labute approximate surface area is 91.9 Å². The highest BCUT2D eigenvalue weighted by atomic mass is 79.9. The third-order valence-electron chi connectivity index (χ3n) is 1.57. The van der Waals surface area contributed by atoms with Crippen molar-refractivity contribution >= 4 is 33.2 Å². The normalized spacial score (nSPS) is 10.7. The van der Waals surface area contributed by atoms with Crippen molar-refractivity contribution in [2.75, 3.05) is 11.9 Å². The molecule has 0 aliphatic heterocycles. The number of halogens is 2. The van der Waals surface area contributed by atoms with Crippen LogP contribution in [0.25, 0.3) is 0 Å². The Morgan fingerprint density at radius 1 is 1.54 bits per heavy atom. The highest BCUT2D eigenvalue weighted by Crippen LogP contribution is 2.25. The molecule has 0 amide bonds. The molecule has 0 bridgehead atoms. The van der Waals surface area contributed by atoms with Crippen LogP contribution in [0.2, 0.25) is 5.02 Å². The average molecular weight is 261 g/mol. The number of allylic oxidation sites excluding steroid dienone is 1. The van der Waals surface area contributed by atoms with Gasteiger partial charge in [0.15, 0.2) is 0 Å². The van der Waals surface area contributed by atoms with Crippen LogP contribution in [-0.2, 0) is 0 Å². The number of nitrogens with one attached hydrogen (secondary N) is 1. The molecule has 0 unspecified atom stereocenters. The minimum atomic E-state index is 0.742. The number of anilines is 1. The van der Waals surface area contributed by atoms with Crippen LogP contribution in [0.5, 0.6) is 0 Å². The van der Waals surface area contributed by atoms with E-state index in [4.69, 9.17) is 11.6 Å². The topological polar surface area (TPSA) is 12.0 Å². The Morgan fingerprint density at radius 3 is 3.00 bits per heavy atom. The molecule has 1 aromatic rings. The summed E-state index contributed by atoms with van der Waals surface area (Å²) < 4.78 is 1.03. The molecule has 0 spiro atoms. The van der Waals surface area contributed by atoms with Crippen molar-refractivity contribution in [3.8, 4) is 0 Å². The Hall–Kier alpha value is -0.470. The summed E-state index contributed by atoms with van der Waals surface area (Å²) in [6.45, 7) is 2.81. The smallest absolute Gasteiger partial charge is 0.0502 e. The van der Waals surface area contributed by atoms with E-state index in [2.05, 4.69) is 21.2 Å². The lowest BCUT2D eigenvalue weighted by Crippen LogP contribution is -1.98. The summed E-state index contributed by atoms with van der Waals surface area (Å²) in [4.78, 5) is 0. The van der Waals surface area contributed by atoms with Crippen molar-refractivity contribution in [3.63, 3.8) is 0 Å². The molecule has 0 saturated heterocycles. The Balaban J connectivity index is 2.69. The maximum Gasteiger partial charge on any atom is 0.0502 e. The van der Waals surface area contributed by atoms with Gasteiger partial charge in [-0.15, -0.1) is 0 Å². The lowest BCUT2D eigenvalue weighted by molar-refractivity contribution is 1.32. The minimum absolute atomic E-state index is 0.742. The van der Waals surface area contributed by atoms with Crippen molar-refractivity contribution in [2.45, 2.75) is 6.92 Å². The fourth-order valence-corrected chi connectivity index (χ4v) is 1.48. The van der Waals surface area contributed by atoms with E-state index >= 15 is 0 Å². The highest BCUT2D eigenvalue weighted by molar-refractivity contribution is 9.10. The zero-order chi connectivity index (χ0) is 9.68. The van der Waals surface area contributed by atoms with Gasteiger partial charge in [-0.1, -0.05) is 23.8 Å². The lowest BCUT2D eigenvalue weighted by atomic mass is 10.3. The zero-order valence-electron chi connectivity index (χ0n) is 7.35. The molecular formula is C10H11BrClN. The summed E-state index contributed by atoms with van der Waals surface area (Å²) in [5, 5.41) is 3.98. The van der Waals surface area contributed by atoms with Gasteiger partial charge in [0.2, 0.25) is 0 Å². The second-order valence-electron chi connectivity index (χ2n) is 2.57. The van der Waals surface area contributed by atoms with E-state index in [0.29, 0.717) is 0 Å². The largest absolute Gasteiger partial charge is 0.381 e. The van der Waals surface area contributed by atoms with Gasteiger partial charge in [-0.3, -0.25) is 0 Å². The molecule has 0 aliphatic carbocycles. The Bertz CT molecular complexity index is 310. The monoisotopic (exact) mass is 259 g/mol. The first-order chi connectivity index (χ1) is 6.24. The van der Waals surface area contributed by atoms with Crippen LogP contribution in [0, 0.1) is 0 Å². The average Bonchev–Trinajstić information content (AvgIpc) is 2.11. The first-order valence-corrected chi connectivity index (χ1v) is 5.21. The standard InChI is InChI=1S/C10H11BrClN/c1-2-3-6-13-10-7-8(12)4-5-9(10)11/h2-5,7,13H,6H2,1H3/b3-2+. The van der Waals surface area contributed by atoms with Crippen LogP contribution in [0.4, 0.5) is 5.69 Å². The van der Waals surface area contributed by atoms with E-state index in [9.17, 15) is 0 Å². The molecule has 1 rings (SSSR count). The van der Waals surface area contributed by atoms with Gasteiger partial charge < -0.3 is 5.32 Å². The first-order valence-electron chi connectivity index (χ1n) is 4.04. The quantitative estimate of drug-likeness (QED) is 0.807. The van der Waals surface area contributed by atoms with E-state index in [0.717, 1.165) is 21.7 Å².